The first-order chi connectivity index (χ1) is 7.99. The Morgan fingerprint density at radius 3 is 2.47 bits per heavy atom. The van der Waals surface area contributed by atoms with Gasteiger partial charge >= 0.3 is 5.97 Å². The fraction of sp³-hybridized carbons (Fsp3) is 0.538. The van der Waals surface area contributed by atoms with E-state index in [1.807, 2.05) is 6.92 Å². The Balaban J connectivity index is 3.17. The predicted octanol–water partition coefficient (Wildman–Crippen LogP) is 2.42. The summed E-state index contributed by atoms with van der Waals surface area (Å²) in [7, 11) is 0. The van der Waals surface area contributed by atoms with Gasteiger partial charge in [0, 0.05) is 5.69 Å². The number of H-pyrrole nitrogens is 1. The van der Waals surface area contributed by atoms with Crippen molar-refractivity contribution in [2.75, 3.05) is 0 Å². The van der Waals surface area contributed by atoms with E-state index in [1.165, 1.54) is 0 Å². The van der Waals surface area contributed by atoms with E-state index in [2.05, 4.69) is 11.9 Å². The van der Waals surface area contributed by atoms with Gasteiger partial charge in [-0.25, -0.2) is 4.79 Å². The largest absolute Gasteiger partial charge is 0.477 e. The molecule has 94 valence electrons. The minimum absolute atomic E-state index is 0.123. The van der Waals surface area contributed by atoms with Crippen LogP contribution < -0.4 is 5.56 Å². The molecule has 0 saturated heterocycles. The molecule has 0 amide bonds. The molecule has 0 radical (unpaired) electrons. The van der Waals surface area contributed by atoms with Crippen LogP contribution in [0.5, 0.6) is 0 Å². The number of aromatic nitrogens is 1. The van der Waals surface area contributed by atoms with Crippen molar-refractivity contribution in [3.63, 3.8) is 0 Å². The van der Waals surface area contributed by atoms with Gasteiger partial charge in [0.1, 0.15) is 5.56 Å². The van der Waals surface area contributed by atoms with Crippen molar-refractivity contribution in [2.24, 2.45) is 0 Å². The zero-order valence-electron chi connectivity index (χ0n) is 10.6. The Morgan fingerprint density at radius 2 is 1.94 bits per heavy atom. The molecule has 0 atom stereocenters. The summed E-state index contributed by atoms with van der Waals surface area (Å²) in [6.45, 7) is 5.66. The lowest BCUT2D eigenvalue weighted by Crippen LogP contribution is -2.22. The van der Waals surface area contributed by atoms with Crippen molar-refractivity contribution in [3.8, 4) is 0 Å². The van der Waals surface area contributed by atoms with Crippen molar-refractivity contribution >= 4 is 5.97 Å². The first kappa shape index (κ1) is 13.5. The average Bonchev–Trinajstić information content (AvgIpc) is 2.21. The van der Waals surface area contributed by atoms with Crippen LogP contribution in [-0.2, 0) is 6.42 Å². The van der Waals surface area contributed by atoms with Gasteiger partial charge in [-0.2, -0.15) is 0 Å². The van der Waals surface area contributed by atoms with Crippen LogP contribution in [0, 0.1) is 13.8 Å². The van der Waals surface area contributed by atoms with E-state index in [9.17, 15) is 9.59 Å². The van der Waals surface area contributed by atoms with Crippen LogP contribution in [0.4, 0.5) is 0 Å². The zero-order chi connectivity index (χ0) is 13.0. The second kappa shape index (κ2) is 5.66. The molecular formula is C13H19NO3. The number of hydrogen-bond acceptors (Lipinski definition) is 2. The summed E-state index contributed by atoms with van der Waals surface area (Å²) >= 11 is 0. The van der Waals surface area contributed by atoms with Crippen molar-refractivity contribution in [3.05, 3.63) is 32.7 Å². The maximum absolute atomic E-state index is 11.5. The van der Waals surface area contributed by atoms with E-state index in [4.69, 9.17) is 5.11 Å². The number of carboxylic acids is 1. The molecule has 0 saturated carbocycles. The number of unbranched alkanes of at least 4 members (excludes halogenated alkanes) is 2. The molecule has 1 aromatic rings. The van der Waals surface area contributed by atoms with Gasteiger partial charge in [0.05, 0.1) is 0 Å². The summed E-state index contributed by atoms with van der Waals surface area (Å²) in [5, 5.41) is 9.01. The molecule has 0 spiro atoms. The minimum atomic E-state index is -1.15. The fourth-order valence-corrected chi connectivity index (χ4v) is 2.09. The third-order valence-electron chi connectivity index (χ3n) is 3.05. The Kier molecular flexibility index (Phi) is 4.49. The van der Waals surface area contributed by atoms with Gasteiger partial charge < -0.3 is 10.1 Å². The monoisotopic (exact) mass is 237 g/mol. The lowest BCUT2D eigenvalue weighted by atomic mass is 9.97. The highest BCUT2D eigenvalue weighted by Gasteiger charge is 2.17. The number of rotatable bonds is 5. The van der Waals surface area contributed by atoms with Crippen LogP contribution in [-0.4, -0.2) is 16.1 Å². The van der Waals surface area contributed by atoms with Crippen molar-refractivity contribution in [1.82, 2.24) is 4.98 Å². The van der Waals surface area contributed by atoms with Gasteiger partial charge in [-0.15, -0.1) is 0 Å². The van der Waals surface area contributed by atoms with Gasteiger partial charge in [-0.3, -0.25) is 4.79 Å². The summed E-state index contributed by atoms with van der Waals surface area (Å²) in [4.78, 5) is 25.2. The van der Waals surface area contributed by atoms with Crippen LogP contribution in [0.15, 0.2) is 4.79 Å². The molecular weight excluding hydrogens is 218 g/mol. The number of carbonyl (C=O) groups is 1. The maximum atomic E-state index is 11.5. The van der Waals surface area contributed by atoms with E-state index in [0.29, 0.717) is 5.56 Å². The van der Waals surface area contributed by atoms with Crippen LogP contribution in [0.1, 0.15) is 53.4 Å². The van der Waals surface area contributed by atoms with Crippen LogP contribution >= 0.6 is 0 Å². The SMILES string of the molecule is CCCCCc1c(C)[nH]c(=O)c(C(=O)O)c1C. The molecule has 1 aromatic heterocycles. The highest BCUT2D eigenvalue weighted by Crippen LogP contribution is 2.16. The van der Waals surface area contributed by atoms with Gasteiger partial charge in [-0.05, 0) is 37.8 Å². The molecule has 0 bridgehead atoms. The smallest absolute Gasteiger partial charge is 0.341 e. The molecule has 1 heterocycles. The topological polar surface area (TPSA) is 70.2 Å². The normalized spacial score (nSPS) is 10.5. The predicted molar refractivity (Wildman–Crippen MR) is 66.7 cm³/mol. The molecule has 0 unspecified atom stereocenters. The number of aromatic amines is 1. The highest BCUT2D eigenvalue weighted by atomic mass is 16.4. The van der Waals surface area contributed by atoms with E-state index < -0.39 is 11.5 Å². The Labute approximate surface area is 101 Å². The van der Waals surface area contributed by atoms with E-state index in [0.717, 1.165) is 36.9 Å². The van der Waals surface area contributed by atoms with Gasteiger partial charge in [0.2, 0.25) is 0 Å². The molecule has 0 fully saturated rings. The van der Waals surface area contributed by atoms with E-state index in [-0.39, 0.29) is 5.56 Å². The molecule has 17 heavy (non-hydrogen) atoms. The minimum Gasteiger partial charge on any atom is -0.477 e. The highest BCUT2D eigenvalue weighted by molar-refractivity contribution is 5.89. The summed E-state index contributed by atoms with van der Waals surface area (Å²) < 4.78 is 0. The summed E-state index contributed by atoms with van der Waals surface area (Å²) in [6.07, 6.45) is 4.07. The number of hydrogen-bond donors (Lipinski definition) is 2. The van der Waals surface area contributed by atoms with Crippen LogP contribution in [0.25, 0.3) is 0 Å². The third-order valence-corrected chi connectivity index (χ3v) is 3.05. The first-order valence-corrected chi connectivity index (χ1v) is 5.94. The zero-order valence-corrected chi connectivity index (χ0v) is 10.6. The van der Waals surface area contributed by atoms with Crippen molar-refractivity contribution in [2.45, 2.75) is 46.5 Å². The molecule has 2 N–H and O–H groups in total. The lowest BCUT2D eigenvalue weighted by Gasteiger charge is -2.11. The molecule has 4 nitrogen and oxygen atoms in total. The summed E-state index contributed by atoms with van der Waals surface area (Å²) in [5.41, 5.74) is 1.73. The van der Waals surface area contributed by atoms with Gasteiger partial charge in [0.25, 0.3) is 5.56 Å². The lowest BCUT2D eigenvalue weighted by molar-refractivity contribution is 0.0694. The van der Waals surface area contributed by atoms with Gasteiger partial charge in [-0.1, -0.05) is 19.8 Å². The quantitative estimate of drug-likeness (QED) is 0.773. The Hall–Kier alpha value is -1.58. The number of aromatic carboxylic acids is 1. The van der Waals surface area contributed by atoms with Crippen LogP contribution in [0.2, 0.25) is 0 Å². The standard InChI is InChI=1S/C13H19NO3/c1-4-5-6-7-10-8(2)11(13(16)17)12(15)14-9(10)3/h4-7H2,1-3H3,(H,14,15)(H,16,17). The molecule has 1 rings (SSSR count). The second-order valence-electron chi connectivity index (χ2n) is 4.32. The molecule has 4 heteroatoms. The third kappa shape index (κ3) is 2.96. The number of nitrogens with one attached hydrogen (secondary N) is 1. The summed E-state index contributed by atoms with van der Waals surface area (Å²) in [6, 6.07) is 0. The number of carboxylic acid groups (broad SMARTS) is 1. The number of pyridine rings is 1. The maximum Gasteiger partial charge on any atom is 0.341 e. The second-order valence-corrected chi connectivity index (χ2v) is 4.32. The number of aryl methyl sites for hydroxylation is 1. The van der Waals surface area contributed by atoms with Crippen LogP contribution in [0.3, 0.4) is 0 Å². The molecule has 0 aliphatic heterocycles. The average molecular weight is 237 g/mol. The Bertz CT molecular complexity index is 474. The molecule has 0 aliphatic rings. The fourth-order valence-electron chi connectivity index (χ4n) is 2.09. The van der Waals surface area contributed by atoms with E-state index >= 15 is 0 Å². The van der Waals surface area contributed by atoms with Gasteiger partial charge in [0.15, 0.2) is 0 Å². The molecule has 0 aliphatic carbocycles. The van der Waals surface area contributed by atoms with E-state index in [1.54, 1.807) is 6.92 Å². The van der Waals surface area contributed by atoms with Crippen molar-refractivity contribution in [1.29, 1.82) is 0 Å². The summed E-state index contributed by atoms with van der Waals surface area (Å²) in [5.74, 6) is -1.15. The first-order valence-electron chi connectivity index (χ1n) is 5.94. The molecule has 0 aromatic carbocycles. The van der Waals surface area contributed by atoms with Crippen molar-refractivity contribution < 1.29 is 9.90 Å². The Morgan fingerprint density at radius 1 is 1.29 bits per heavy atom.